The van der Waals surface area contributed by atoms with Crippen LogP contribution in [0.3, 0.4) is 0 Å². The van der Waals surface area contributed by atoms with Gasteiger partial charge in [0.15, 0.2) is 0 Å². The van der Waals surface area contributed by atoms with Crippen molar-refractivity contribution in [1.82, 2.24) is 0 Å². The predicted molar refractivity (Wildman–Crippen MR) is 66.5 cm³/mol. The maximum Gasteiger partial charge on any atom is 0.419 e. The summed E-state index contributed by atoms with van der Waals surface area (Å²) in [7, 11) is 0. The van der Waals surface area contributed by atoms with E-state index in [2.05, 4.69) is 0 Å². The molecule has 2 atom stereocenters. The lowest BCUT2D eigenvalue weighted by atomic mass is 9.92. The van der Waals surface area contributed by atoms with Gasteiger partial charge in [-0.1, -0.05) is 6.07 Å². The second-order valence-electron chi connectivity index (χ2n) is 4.90. The van der Waals surface area contributed by atoms with Crippen LogP contribution in [0.5, 0.6) is 0 Å². The quantitative estimate of drug-likeness (QED) is 0.826. The molecule has 1 aliphatic heterocycles. The van der Waals surface area contributed by atoms with Crippen molar-refractivity contribution >= 4 is 11.8 Å². The minimum absolute atomic E-state index is 0.116. The van der Waals surface area contributed by atoms with E-state index in [1.54, 1.807) is 11.8 Å². The van der Waals surface area contributed by atoms with Gasteiger partial charge in [-0.2, -0.15) is 24.9 Å². The van der Waals surface area contributed by atoms with Crippen molar-refractivity contribution in [2.45, 2.75) is 36.8 Å². The Kier molecular flexibility index (Phi) is 3.84. The van der Waals surface area contributed by atoms with Gasteiger partial charge in [-0.25, -0.2) is 4.39 Å². The lowest BCUT2D eigenvalue weighted by Crippen LogP contribution is -2.26. The molecular weight excluding hydrogens is 280 g/mol. The lowest BCUT2D eigenvalue weighted by molar-refractivity contribution is -0.140. The highest BCUT2D eigenvalue weighted by Gasteiger charge is 2.40. The van der Waals surface area contributed by atoms with E-state index in [1.165, 1.54) is 6.07 Å². The summed E-state index contributed by atoms with van der Waals surface area (Å²) >= 11 is 1.54. The maximum absolute atomic E-state index is 13.2. The van der Waals surface area contributed by atoms with Gasteiger partial charge in [0.2, 0.25) is 0 Å². The third-order valence-corrected chi connectivity index (χ3v) is 5.02. The molecular formula is C13H14F4OS. The van der Waals surface area contributed by atoms with Crippen LogP contribution in [0.15, 0.2) is 18.2 Å². The zero-order valence-corrected chi connectivity index (χ0v) is 11.1. The second kappa shape index (κ2) is 4.98. The lowest BCUT2D eigenvalue weighted by Gasteiger charge is -2.29. The van der Waals surface area contributed by atoms with Gasteiger partial charge in [0.05, 0.1) is 11.7 Å². The van der Waals surface area contributed by atoms with E-state index in [0.717, 1.165) is 24.7 Å². The molecule has 0 aromatic heterocycles. The van der Waals surface area contributed by atoms with E-state index in [-0.39, 0.29) is 5.56 Å². The van der Waals surface area contributed by atoms with E-state index in [4.69, 9.17) is 0 Å². The minimum Gasteiger partial charge on any atom is -0.387 e. The molecule has 0 saturated carbocycles. The van der Waals surface area contributed by atoms with Crippen molar-refractivity contribution in [1.29, 1.82) is 0 Å². The Morgan fingerprint density at radius 2 is 2.05 bits per heavy atom. The Labute approximate surface area is 113 Å². The first-order valence-corrected chi connectivity index (χ1v) is 6.91. The number of hydrogen-bond donors (Lipinski definition) is 1. The highest BCUT2D eigenvalue weighted by atomic mass is 32.2. The van der Waals surface area contributed by atoms with Gasteiger partial charge < -0.3 is 5.11 Å². The summed E-state index contributed by atoms with van der Waals surface area (Å²) in [4.78, 5) is 0. The molecule has 1 aromatic carbocycles. The van der Waals surface area contributed by atoms with Crippen LogP contribution in [-0.2, 0) is 6.18 Å². The van der Waals surface area contributed by atoms with Gasteiger partial charge in [0.1, 0.15) is 5.82 Å². The van der Waals surface area contributed by atoms with Crippen molar-refractivity contribution in [3.63, 3.8) is 0 Å². The molecule has 0 bridgehead atoms. The molecule has 0 radical (unpaired) electrons. The molecule has 2 rings (SSSR count). The summed E-state index contributed by atoms with van der Waals surface area (Å²) in [5, 5.41) is 10.2. The third kappa shape index (κ3) is 2.89. The zero-order valence-electron chi connectivity index (χ0n) is 10.3. The summed E-state index contributed by atoms with van der Waals surface area (Å²) < 4.78 is 50.6. The highest BCUT2D eigenvalue weighted by Crippen LogP contribution is 2.47. The first kappa shape index (κ1) is 14.7. The van der Waals surface area contributed by atoms with Crippen molar-refractivity contribution in [2.75, 3.05) is 5.75 Å². The summed E-state index contributed by atoms with van der Waals surface area (Å²) in [6.07, 6.45) is -4.12. The van der Waals surface area contributed by atoms with Crippen LogP contribution >= 0.6 is 11.8 Å². The van der Waals surface area contributed by atoms with Crippen LogP contribution in [0.25, 0.3) is 0 Å². The fourth-order valence-corrected chi connectivity index (χ4v) is 3.64. The van der Waals surface area contributed by atoms with Crippen molar-refractivity contribution < 1.29 is 22.7 Å². The molecule has 0 spiro atoms. The Balaban J connectivity index is 2.36. The molecule has 1 aromatic rings. The van der Waals surface area contributed by atoms with Crippen LogP contribution in [-0.4, -0.2) is 15.6 Å². The molecule has 0 amide bonds. The Bertz CT molecular complexity index is 466. The van der Waals surface area contributed by atoms with E-state index in [9.17, 15) is 22.7 Å². The van der Waals surface area contributed by atoms with Crippen LogP contribution in [0.4, 0.5) is 17.6 Å². The molecule has 1 nitrogen and oxygen atoms in total. The summed E-state index contributed by atoms with van der Waals surface area (Å²) in [6, 6.07) is 2.70. The Morgan fingerprint density at radius 3 is 2.58 bits per heavy atom. The summed E-state index contributed by atoms with van der Waals surface area (Å²) in [5.74, 6) is -0.436. The van der Waals surface area contributed by atoms with E-state index in [0.29, 0.717) is 6.07 Å². The molecule has 1 saturated heterocycles. The molecule has 2 unspecified atom stereocenters. The zero-order chi connectivity index (χ0) is 14.3. The number of halogens is 4. The number of aliphatic hydroxyl groups excluding tert-OH is 1. The van der Waals surface area contributed by atoms with Gasteiger partial charge >= 0.3 is 6.18 Å². The van der Waals surface area contributed by atoms with Crippen molar-refractivity contribution in [2.24, 2.45) is 0 Å². The number of rotatable bonds is 2. The number of benzene rings is 1. The second-order valence-corrected chi connectivity index (χ2v) is 6.53. The average Bonchev–Trinajstić information content (AvgIpc) is 2.76. The molecule has 106 valence electrons. The molecule has 0 aliphatic carbocycles. The number of aliphatic hydroxyl groups is 1. The van der Waals surface area contributed by atoms with E-state index in [1.807, 2.05) is 6.92 Å². The van der Waals surface area contributed by atoms with E-state index >= 15 is 0 Å². The number of alkyl halides is 3. The van der Waals surface area contributed by atoms with Gasteiger partial charge in [-0.3, -0.25) is 0 Å². The van der Waals surface area contributed by atoms with Crippen LogP contribution < -0.4 is 0 Å². The fraction of sp³-hybridized carbons (Fsp3) is 0.538. The van der Waals surface area contributed by atoms with Crippen molar-refractivity contribution in [3.8, 4) is 0 Å². The standard InChI is InChI=1S/C13H14F4OS/c1-12(5-2-6-19-12)11(18)8-3-4-10(14)9(7-8)13(15,16)17/h3-4,7,11,18H,2,5-6H2,1H3. The molecule has 6 heteroatoms. The Hall–Kier alpha value is -0.750. The Morgan fingerprint density at radius 1 is 1.37 bits per heavy atom. The third-order valence-electron chi connectivity index (χ3n) is 3.44. The number of thioether (sulfide) groups is 1. The van der Waals surface area contributed by atoms with Crippen LogP contribution in [0, 0.1) is 5.82 Å². The maximum atomic E-state index is 13.2. The van der Waals surface area contributed by atoms with E-state index < -0.39 is 28.4 Å². The van der Waals surface area contributed by atoms with Crippen molar-refractivity contribution in [3.05, 3.63) is 35.1 Å². The normalized spacial score (nSPS) is 25.6. The monoisotopic (exact) mass is 294 g/mol. The first-order chi connectivity index (χ1) is 8.74. The van der Waals surface area contributed by atoms with Crippen LogP contribution in [0.2, 0.25) is 0 Å². The topological polar surface area (TPSA) is 20.2 Å². The van der Waals surface area contributed by atoms with Gasteiger partial charge in [0.25, 0.3) is 0 Å². The molecule has 19 heavy (non-hydrogen) atoms. The van der Waals surface area contributed by atoms with Gasteiger partial charge in [0, 0.05) is 4.75 Å². The molecule has 1 N–H and O–H groups in total. The fourth-order valence-electron chi connectivity index (χ4n) is 2.30. The summed E-state index contributed by atoms with van der Waals surface area (Å²) in [6.45, 7) is 1.83. The SMILES string of the molecule is CC1(C(O)c2ccc(F)c(C(F)(F)F)c2)CCCS1. The highest BCUT2D eigenvalue weighted by molar-refractivity contribution is 8.00. The van der Waals surface area contributed by atoms with Gasteiger partial charge in [-0.15, -0.1) is 0 Å². The average molecular weight is 294 g/mol. The van der Waals surface area contributed by atoms with Gasteiger partial charge in [-0.05, 0) is 43.2 Å². The minimum atomic E-state index is -4.75. The first-order valence-electron chi connectivity index (χ1n) is 5.93. The molecule has 1 heterocycles. The molecule has 1 fully saturated rings. The molecule has 1 aliphatic rings. The smallest absolute Gasteiger partial charge is 0.387 e. The number of hydrogen-bond acceptors (Lipinski definition) is 2. The predicted octanol–water partition coefficient (Wildman–Crippen LogP) is 4.16. The largest absolute Gasteiger partial charge is 0.419 e. The van der Waals surface area contributed by atoms with Crippen LogP contribution in [0.1, 0.15) is 37.0 Å². The summed E-state index contributed by atoms with van der Waals surface area (Å²) in [5.41, 5.74) is -1.21.